The van der Waals surface area contributed by atoms with Crippen molar-refractivity contribution in [3.05, 3.63) is 78.4 Å². The van der Waals surface area contributed by atoms with E-state index in [0.717, 1.165) is 5.69 Å². The van der Waals surface area contributed by atoms with E-state index in [1.54, 1.807) is 0 Å². The number of aromatic amines is 1. The molecular formula is C20H16N+. The Bertz CT molecular complexity index is 940. The number of hydrogen-bond acceptors (Lipinski definition) is 0. The van der Waals surface area contributed by atoms with Gasteiger partial charge in [-0.05, 0) is 47.5 Å². The first-order valence-corrected chi connectivity index (χ1v) is 7.23. The SMILES string of the molecule is Cc1cccc2c1ccc1[nH+]c(-c3ccccc3)ccc12. The van der Waals surface area contributed by atoms with Gasteiger partial charge in [-0.15, -0.1) is 0 Å². The van der Waals surface area contributed by atoms with Gasteiger partial charge in [0.2, 0.25) is 11.2 Å². The van der Waals surface area contributed by atoms with E-state index in [9.17, 15) is 0 Å². The summed E-state index contributed by atoms with van der Waals surface area (Å²) in [5.41, 5.74) is 4.86. The Labute approximate surface area is 123 Å². The summed E-state index contributed by atoms with van der Waals surface area (Å²) in [7, 11) is 0. The molecule has 4 rings (SSSR count). The summed E-state index contributed by atoms with van der Waals surface area (Å²) in [6, 6.07) is 25.7. The van der Waals surface area contributed by atoms with E-state index in [2.05, 4.69) is 78.6 Å². The van der Waals surface area contributed by atoms with E-state index in [1.165, 1.54) is 32.8 Å². The maximum atomic E-state index is 3.55. The van der Waals surface area contributed by atoms with Crippen LogP contribution in [0.2, 0.25) is 0 Å². The largest absolute Gasteiger partial charge is 0.211 e. The van der Waals surface area contributed by atoms with E-state index in [1.807, 2.05) is 6.07 Å². The van der Waals surface area contributed by atoms with Crippen LogP contribution in [0.3, 0.4) is 0 Å². The quantitative estimate of drug-likeness (QED) is 0.442. The molecule has 0 spiro atoms. The molecule has 0 radical (unpaired) electrons. The molecule has 21 heavy (non-hydrogen) atoms. The molecule has 1 heterocycles. The topological polar surface area (TPSA) is 14.1 Å². The van der Waals surface area contributed by atoms with Crippen LogP contribution in [0.1, 0.15) is 5.56 Å². The van der Waals surface area contributed by atoms with Gasteiger partial charge in [-0.2, -0.15) is 0 Å². The summed E-state index contributed by atoms with van der Waals surface area (Å²) in [4.78, 5) is 3.55. The van der Waals surface area contributed by atoms with Gasteiger partial charge < -0.3 is 0 Å². The van der Waals surface area contributed by atoms with E-state index in [4.69, 9.17) is 0 Å². The maximum absolute atomic E-state index is 3.55. The standard InChI is InChI=1S/C20H15N/c1-14-6-5-9-17-16(14)10-13-20-18(17)11-12-19(21-20)15-7-3-2-4-8-15/h2-13H,1H3/p+1. The highest BCUT2D eigenvalue weighted by molar-refractivity contribution is 6.06. The molecule has 0 atom stereocenters. The first-order chi connectivity index (χ1) is 10.3. The smallest absolute Gasteiger partial charge is 0.204 e. The lowest BCUT2D eigenvalue weighted by Crippen LogP contribution is -2.07. The van der Waals surface area contributed by atoms with E-state index >= 15 is 0 Å². The summed E-state index contributed by atoms with van der Waals surface area (Å²) < 4.78 is 0. The molecule has 0 unspecified atom stereocenters. The van der Waals surface area contributed by atoms with Gasteiger partial charge >= 0.3 is 0 Å². The van der Waals surface area contributed by atoms with Crippen LogP contribution in [-0.2, 0) is 0 Å². The van der Waals surface area contributed by atoms with Crippen LogP contribution in [0.25, 0.3) is 32.9 Å². The lowest BCUT2D eigenvalue weighted by Gasteiger charge is -2.04. The number of nitrogens with one attached hydrogen (secondary N) is 1. The van der Waals surface area contributed by atoms with Crippen LogP contribution in [0.5, 0.6) is 0 Å². The predicted molar refractivity (Wildman–Crippen MR) is 88.2 cm³/mol. The molecule has 4 aromatic rings. The van der Waals surface area contributed by atoms with Crippen molar-refractivity contribution in [3.8, 4) is 11.3 Å². The summed E-state index contributed by atoms with van der Waals surface area (Å²) in [6.07, 6.45) is 0. The van der Waals surface area contributed by atoms with Gasteiger partial charge in [0.25, 0.3) is 0 Å². The summed E-state index contributed by atoms with van der Waals surface area (Å²) in [6.45, 7) is 2.16. The number of aromatic nitrogens is 1. The molecule has 0 aliphatic heterocycles. The average Bonchev–Trinajstić information content (AvgIpc) is 2.55. The van der Waals surface area contributed by atoms with Crippen molar-refractivity contribution in [2.75, 3.05) is 0 Å². The molecule has 0 amide bonds. The Kier molecular flexibility index (Phi) is 2.71. The molecule has 0 aliphatic carbocycles. The molecular weight excluding hydrogens is 254 g/mol. The number of hydrogen-bond donors (Lipinski definition) is 0. The molecule has 1 aromatic heterocycles. The normalized spacial score (nSPS) is 11.1. The van der Waals surface area contributed by atoms with Crippen molar-refractivity contribution in [2.24, 2.45) is 0 Å². The minimum Gasteiger partial charge on any atom is -0.204 e. The van der Waals surface area contributed by atoms with Gasteiger partial charge in [-0.25, -0.2) is 4.98 Å². The first kappa shape index (κ1) is 12.1. The number of fused-ring (bicyclic) bond motifs is 3. The maximum Gasteiger partial charge on any atom is 0.211 e. The Balaban J connectivity index is 2.00. The van der Waals surface area contributed by atoms with Crippen molar-refractivity contribution in [3.63, 3.8) is 0 Å². The number of pyridine rings is 1. The van der Waals surface area contributed by atoms with Crippen molar-refractivity contribution >= 4 is 21.7 Å². The number of rotatable bonds is 1. The highest BCUT2D eigenvalue weighted by Gasteiger charge is 2.10. The molecule has 0 bridgehead atoms. The Hall–Kier alpha value is -2.67. The van der Waals surface area contributed by atoms with Gasteiger partial charge in [-0.3, -0.25) is 0 Å². The molecule has 0 aliphatic rings. The van der Waals surface area contributed by atoms with E-state index < -0.39 is 0 Å². The third-order valence-electron chi connectivity index (χ3n) is 4.09. The van der Waals surface area contributed by atoms with Crippen molar-refractivity contribution in [1.82, 2.24) is 0 Å². The number of aryl methyl sites for hydroxylation is 1. The molecule has 1 nitrogen and oxygen atoms in total. The van der Waals surface area contributed by atoms with Gasteiger partial charge in [0.1, 0.15) is 0 Å². The highest BCUT2D eigenvalue weighted by Crippen LogP contribution is 2.26. The molecule has 1 N–H and O–H groups in total. The number of benzene rings is 3. The van der Waals surface area contributed by atoms with E-state index in [0.29, 0.717) is 0 Å². The molecule has 0 fully saturated rings. The second-order valence-corrected chi connectivity index (χ2v) is 5.43. The van der Waals surface area contributed by atoms with Gasteiger partial charge in [0.15, 0.2) is 0 Å². The summed E-state index contributed by atoms with van der Waals surface area (Å²) in [5.74, 6) is 0. The van der Waals surface area contributed by atoms with Gasteiger partial charge in [0.05, 0.1) is 5.39 Å². The molecule has 3 aromatic carbocycles. The van der Waals surface area contributed by atoms with Crippen LogP contribution >= 0.6 is 0 Å². The van der Waals surface area contributed by atoms with Gasteiger partial charge in [-0.1, -0.05) is 36.4 Å². The average molecular weight is 270 g/mol. The zero-order valence-corrected chi connectivity index (χ0v) is 11.9. The monoisotopic (exact) mass is 270 g/mol. The van der Waals surface area contributed by atoms with Crippen molar-refractivity contribution in [2.45, 2.75) is 6.92 Å². The van der Waals surface area contributed by atoms with E-state index in [-0.39, 0.29) is 0 Å². The van der Waals surface area contributed by atoms with Crippen LogP contribution in [0.4, 0.5) is 0 Å². The third-order valence-corrected chi connectivity index (χ3v) is 4.09. The fraction of sp³-hybridized carbons (Fsp3) is 0.0500. The second-order valence-electron chi connectivity index (χ2n) is 5.43. The lowest BCUT2D eigenvalue weighted by molar-refractivity contribution is -0.330. The zero-order chi connectivity index (χ0) is 14.2. The zero-order valence-electron chi connectivity index (χ0n) is 11.9. The van der Waals surface area contributed by atoms with Crippen molar-refractivity contribution in [1.29, 1.82) is 0 Å². The fourth-order valence-corrected chi connectivity index (χ4v) is 2.97. The lowest BCUT2D eigenvalue weighted by atomic mass is 10.0. The highest BCUT2D eigenvalue weighted by atomic mass is 14.7. The second kappa shape index (κ2) is 4.71. The molecule has 0 saturated heterocycles. The molecule has 1 heteroatoms. The Morgan fingerprint density at radius 2 is 1.43 bits per heavy atom. The van der Waals surface area contributed by atoms with Crippen LogP contribution in [-0.4, -0.2) is 0 Å². The predicted octanol–water partition coefficient (Wildman–Crippen LogP) is 4.78. The first-order valence-electron chi connectivity index (χ1n) is 7.23. The van der Waals surface area contributed by atoms with Crippen LogP contribution < -0.4 is 4.98 Å². The summed E-state index contributed by atoms with van der Waals surface area (Å²) >= 11 is 0. The van der Waals surface area contributed by atoms with Crippen molar-refractivity contribution < 1.29 is 4.98 Å². The minimum atomic E-state index is 1.15. The Morgan fingerprint density at radius 3 is 2.29 bits per heavy atom. The van der Waals surface area contributed by atoms with Crippen LogP contribution in [0, 0.1) is 6.92 Å². The fourth-order valence-electron chi connectivity index (χ4n) is 2.97. The number of H-pyrrole nitrogens is 1. The summed E-state index contributed by atoms with van der Waals surface area (Å²) in [5, 5.41) is 3.91. The molecule has 0 saturated carbocycles. The molecule has 100 valence electrons. The third kappa shape index (κ3) is 1.98. The Morgan fingerprint density at radius 1 is 0.619 bits per heavy atom. The van der Waals surface area contributed by atoms with Crippen LogP contribution in [0.15, 0.2) is 72.8 Å². The van der Waals surface area contributed by atoms with Gasteiger partial charge in [0, 0.05) is 17.7 Å². The minimum absolute atomic E-state index is 1.15.